The van der Waals surface area contributed by atoms with Gasteiger partial charge in [0.1, 0.15) is 0 Å². The van der Waals surface area contributed by atoms with Crippen LogP contribution in [0.5, 0.6) is 0 Å². The maximum atomic E-state index is 13.1. The number of benzene rings is 1. The molecule has 2 unspecified atom stereocenters. The molecule has 1 aromatic heterocycles. The fourth-order valence-electron chi connectivity index (χ4n) is 3.24. The Balaban J connectivity index is 0.00000243. The Morgan fingerprint density at radius 2 is 2.04 bits per heavy atom. The minimum absolute atomic E-state index is 0. The molecule has 1 aliphatic heterocycles. The summed E-state index contributed by atoms with van der Waals surface area (Å²) in [5, 5.41) is 4.07. The minimum atomic E-state index is -0.210. The van der Waals surface area contributed by atoms with E-state index < -0.39 is 0 Å². The number of nitrogens with two attached hydrogens (primary N) is 1. The molecular weight excluding hydrogens is 352 g/mol. The van der Waals surface area contributed by atoms with Gasteiger partial charge in [-0.15, -0.1) is 12.4 Å². The van der Waals surface area contributed by atoms with E-state index in [2.05, 4.69) is 17.1 Å². The van der Waals surface area contributed by atoms with Crippen LogP contribution in [-0.2, 0) is 5.41 Å². The first kappa shape index (κ1) is 20.4. The number of rotatable bonds is 3. The number of amides is 1. The van der Waals surface area contributed by atoms with Crippen LogP contribution in [-0.4, -0.2) is 40.1 Å². The summed E-state index contributed by atoms with van der Waals surface area (Å²) in [6.45, 7) is 9.45. The summed E-state index contributed by atoms with van der Waals surface area (Å²) in [4.78, 5) is 19.5. The molecule has 0 saturated carbocycles. The van der Waals surface area contributed by atoms with Crippen LogP contribution in [0.4, 0.5) is 0 Å². The molecule has 2 aromatic rings. The van der Waals surface area contributed by atoms with E-state index in [0.29, 0.717) is 41.8 Å². The van der Waals surface area contributed by atoms with Crippen molar-refractivity contribution in [2.45, 2.75) is 45.6 Å². The molecule has 1 saturated heterocycles. The van der Waals surface area contributed by atoms with Crippen molar-refractivity contribution in [1.82, 2.24) is 15.0 Å². The molecular formula is C19H27ClN4O2. The zero-order valence-electron chi connectivity index (χ0n) is 15.7. The smallest absolute Gasteiger partial charge is 0.258 e. The Morgan fingerprint density at radius 1 is 1.35 bits per heavy atom. The van der Waals surface area contributed by atoms with E-state index in [1.807, 2.05) is 49.9 Å². The van der Waals surface area contributed by atoms with E-state index in [-0.39, 0.29) is 29.8 Å². The quantitative estimate of drug-likeness (QED) is 0.885. The van der Waals surface area contributed by atoms with Crippen molar-refractivity contribution in [3.05, 3.63) is 35.7 Å². The molecule has 2 atom stereocenters. The number of nitrogens with zero attached hydrogens (tertiary/aromatic N) is 3. The summed E-state index contributed by atoms with van der Waals surface area (Å²) in [5.41, 5.74) is 6.85. The van der Waals surface area contributed by atoms with Gasteiger partial charge in [-0.3, -0.25) is 4.79 Å². The average molecular weight is 379 g/mol. The Bertz CT molecular complexity index is 769. The van der Waals surface area contributed by atoms with Crippen molar-refractivity contribution < 1.29 is 9.32 Å². The van der Waals surface area contributed by atoms with E-state index in [1.54, 1.807) is 0 Å². The van der Waals surface area contributed by atoms with Gasteiger partial charge in [-0.05, 0) is 37.9 Å². The van der Waals surface area contributed by atoms with Gasteiger partial charge in [-0.1, -0.05) is 38.1 Å². The van der Waals surface area contributed by atoms with Crippen molar-refractivity contribution in [3.8, 4) is 11.5 Å². The number of hydrogen-bond donors (Lipinski definition) is 1. The fraction of sp³-hybridized carbons (Fsp3) is 0.526. The molecule has 2 heterocycles. The number of hydrogen-bond acceptors (Lipinski definition) is 5. The second-order valence-corrected chi connectivity index (χ2v) is 7.86. The summed E-state index contributed by atoms with van der Waals surface area (Å²) in [7, 11) is 0. The van der Waals surface area contributed by atoms with Crippen molar-refractivity contribution in [2.75, 3.05) is 13.1 Å². The van der Waals surface area contributed by atoms with Crippen LogP contribution < -0.4 is 5.73 Å². The van der Waals surface area contributed by atoms with Crippen molar-refractivity contribution in [3.63, 3.8) is 0 Å². The zero-order chi connectivity index (χ0) is 18.2. The lowest BCUT2D eigenvalue weighted by molar-refractivity contribution is 0.0744. The molecule has 2 N–H and O–H groups in total. The number of aromatic nitrogens is 2. The number of likely N-dealkylation sites (tertiary alicyclic amines) is 1. The van der Waals surface area contributed by atoms with E-state index in [9.17, 15) is 4.79 Å². The Kier molecular flexibility index (Phi) is 6.09. The van der Waals surface area contributed by atoms with Crippen molar-refractivity contribution >= 4 is 18.3 Å². The lowest BCUT2D eigenvalue weighted by Crippen LogP contribution is -2.34. The highest BCUT2D eigenvalue weighted by Gasteiger charge is 2.33. The molecule has 1 aliphatic rings. The van der Waals surface area contributed by atoms with Crippen molar-refractivity contribution in [1.29, 1.82) is 0 Å². The van der Waals surface area contributed by atoms with Gasteiger partial charge in [0, 0.05) is 18.0 Å². The summed E-state index contributed by atoms with van der Waals surface area (Å²) in [6, 6.07) is 7.60. The molecule has 1 aromatic carbocycles. The van der Waals surface area contributed by atoms with Crippen molar-refractivity contribution in [2.24, 2.45) is 11.7 Å². The van der Waals surface area contributed by atoms with Gasteiger partial charge < -0.3 is 15.2 Å². The number of halogens is 1. The predicted octanol–water partition coefficient (Wildman–Crippen LogP) is 3.27. The molecule has 1 fully saturated rings. The third-order valence-corrected chi connectivity index (χ3v) is 4.74. The highest BCUT2D eigenvalue weighted by atomic mass is 35.5. The molecule has 7 heteroatoms. The van der Waals surface area contributed by atoms with Crippen LogP contribution in [0.15, 0.2) is 28.8 Å². The molecule has 142 valence electrons. The largest absolute Gasteiger partial charge is 0.336 e. The minimum Gasteiger partial charge on any atom is -0.336 e. The molecule has 3 rings (SSSR count). The standard InChI is InChI=1S/C19H26N4O2.ClH/c1-12-9-13(10-20)11-23(12)17(24)15-8-6-5-7-14(15)16-21-18(22-25-16)19(2,3)4;/h5-8,12-13H,9-11,20H2,1-4H3;1H. The summed E-state index contributed by atoms with van der Waals surface area (Å²) in [6.07, 6.45) is 0.944. The van der Waals surface area contributed by atoms with Crippen LogP contribution in [0, 0.1) is 5.92 Å². The topological polar surface area (TPSA) is 85.2 Å². The highest BCUT2D eigenvalue weighted by molar-refractivity contribution is 6.00. The number of carbonyl (C=O) groups is 1. The van der Waals surface area contributed by atoms with Crippen LogP contribution in [0.3, 0.4) is 0 Å². The van der Waals surface area contributed by atoms with Gasteiger partial charge >= 0.3 is 0 Å². The molecule has 0 aliphatic carbocycles. The fourth-order valence-corrected chi connectivity index (χ4v) is 3.24. The van der Waals surface area contributed by atoms with Gasteiger partial charge in [0.2, 0.25) is 0 Å². The predicted molar refractivity (Wildman–Crippen MR) is 103 cm³/mol. The van der Waals surface area contributed by atoms with Gasteiger partial charge in [0.15, 0.2) is 5.82 Å². The third-order valence-electron chi connectivity index (χ3n) is 4.74. The second-order valence-electron chi connectivity index (χ2n) is 7.86. The van der Waals surface area contributed by atoms with Crippen LogP contribution in [0.25, 0.3) is 11.5 Å². The maximum absolute atomic E-state index is 13.1. The normalized spacial score (nSPS) is 20.1. The van der Waals surface area contributed by atoms with Crippen LogP contribution in [0.2, 0.25) is 0 Å². The Morgan fingerprint density at radius 3 is 2.62 bits per heavy atom. The van der Waals surface area contributed by atoms with E-state index >= 15 is 0 Å². The summed E-state index contributed by atoms with van der Waals surface area (Å²) < 4.78 is 5.45. The summed E-state index contributed by atoms with van der Waals surface area (Å²) in [5.74, 6) is 1.37. The van der Waals surface area contributed by atoms with Crippen LogP contribution in [0.1, 0.15) is 50.3 Å². The molecule has 0 bridgehead atoms. The first-order valence-corrected chi connectivity index (χ1v) is 8.76. The molecule has 1 amide bonds. The lowest BCUT2D eigenvalue weighted by Gasteiger charge is -2.22. The maximum Gasteiger partial charge on any atom is 0.258 e. The highest BCUT2D eigenvalue weighted by Crippen LogP contribution is 2.29. The monoisotopic (exact) mass is 378 g/mol. The first-order chi connectivity index (χ1) is 11.8. The van der Waals surface area contributed by atoms with E-state index in [0.717, 1.165) is 6.42 Å². The third kappa shape index (κ3) is 3.91. The van der Waals surface area contributed by atoms with E-state index in [4.69, 9.17) is 10.3 Å². The Labute approximate surface area is 160 Å². The van der Waals surface area contributed by atoms with E-state index in [1.165, 1.54) is 0 Å². The lowest BCUT2D eigenvalue weighted by atomic mass is 9.96. The number of carbonyl (C=O) groups excluding carboxylic acids is 1. The van der Waals surface area contributed by atoms with Gasteiger partial charge in [0.25, 0.3) is 11.8 Å². The average Bonchev–Trinajstić information content (AvgIpc) is 3.20. The van der Waals surface area contributed by atoms with Crippen LogP contribution >= 0.6 is 12.4 Å². The first-order valence-electron chi connectivity index (χ1n) is 8.76. The van der Waals surface area contributed by atoms with Gasteiger partial charge in [-0.2, -0.15) is 4.98 Å². The molecule has 0 radical (unpaired) electrons. The molecule has 26 heavy (non-hydrogen) atoms. The van der Waals surface area contributed by atoms with Gasteiger partial charge in [-0.25, -0.2) is 0 Å². The van der Waals surface area contributed by atoms with Gasteiger partial charge in [0.05, 0.1) is 11.1 Å². The molecule has 0 spiro atoms. The summed E-state index contributed by atoms with van der Waals surface area (Å²) >= 11 is 0. The molecule has 6 nitrogen and oxygen atoms in total. The SMILES string of the molecule is CC1CC(CN)CN1C(=O)c1ccccc1-c1nc(C(C)(C)C)no1.Cl. The zero-order valence-corrected chi connectivity index (χ0v) is 16.5. The second kappa shape index (κ2) is 7.76. The Hall–Kier alpha value is -1.92.